The van der Waals surface area contributed by atoms with Crippen LogP contribution in [0.4, 0.5) is 4.79 Å². The second-order valence-electron chi connectivity index (χ2n) is 5.99. The van der Waals surface area contributed by atoms with Crippen LogP contribution in [0.5, 0.6) is 0 Å². The number of hydrogen-bond donors (Lipinski definition) is 3. The van der Waals surface area contributed by atoms with Crippen LogP contribution in [0.15, 0.2) is 0 Å². The Morgan fingerprint density at radius 3 is 2.55 bits per heavy atom. The molecular weight excluding hydrogens is 256 g/mol. The Hall–Kier alpha value is -1.14. The van der Waals surface area contributed by atoms with Gasteiger partial charge in [-0.1, -0.05) is 19.3 Å². The Balaban J connectivity index is 1.66. The SMILES string of the molecule is NC1CCCN(CC(=O)NC(=O)NC2CCCCC2)C1. The van der Waals surface area contributed by atoms with Gasteiger partial charge in [0.25, 0.3) is 0 Å². The maximum absolute atomic E-state index is 11.8. The van der Waals surface area contributed by atoms with Crippen LogP contribution in [0.2, 0.25) is 0 Å². The van der Waals surface area contributed by atoms with Crippen LogP contribution in [0, 0.1) is 0 Å². The number of nitrogens with one attached hydrogen (secondary N) is 2. The lowest BCUT2D eigenvalue weighted by Crippen LogP contribution is -2.50. The van der Waals surface area contributed by atoms with E-state index in [1.165, 1.54) is 6.42 Å². The third-order valence-corrected chi connectivity index (χ3v) is 4.10. The molecule has 0 aromatic heterocycles. The summed E-state index contributed by atoms with van der Waals surface area (Å²) in [5, 5.41) is 5.30. The van der Waals surface area contributed by atoms with E-state index in [2.05, 4.69) is 10.6 Å². The van der Waals surface area contributed by atoms with E-state index in [9.17, 15) is 9.59 Å². The molecule has 0 spiro atoms. The molecule has 1 heterocycles. The minimum absolute atomic E-state index is 0.146. The first-order chi connectivity index (χ1) is 9.63. The summed E-state index contributed by atoms with van der Waals surface area (Å²) in [4.78, 5) is 25.6. The second kappa shape index (κ2) is 7.59. The number of nitrogens with zero attached hydrogens (tertiary/aromatic N) is 1. The molecular formula is C14H26N4O2. The molecule has 2 rings (SSSR count). The molecule has 1 saturated heterocycles. The number of carbonyl (C=O) groups is 2. The van der Waals surface area contributed by atoms with E-state index in [0.717, 1.165) is 51.6 Å². The van der Waals surface area contributed by atoms with E-state index < -0.39 is 0 Å². The molecule has 1 unspecified atom stereocenters. The van der Waals surface area contributed by atoms with E-state index in [1.807, 2.05) is 4.90 Å². The van der Waals surface area contributed by atoms with Crippen molar-refractivity contribution in [2.24, 2.45) is 5.73 Å². The van der Waals surface area contributed by atoms with Crippen LogP contribution < -0.4 is 16.4 Å². The van der Waals surface area contributed by atoms with Gasteiger partial charge in [-0.25, -0.2) is 4.79 Å². The first kappa shape index (κ1) is 15.3. The summed E-state index contributed by atoms with van der Waals surface area (Å²) >= 11 is 0. The minimum Gasteiger partial charge on any atom is -0.335 e. The third kappa shape index (κ3) is 5.09. The van der Waals surface area contributed by atoms with Crippen molar-refractivity contribution in [1.29, 1.82) is 0 Å². The van der Waals surface area contributed by atoms with Gasteiger partial charge in [0.1, 0.15) is 0 Å². The summed E-state index contributed by atoms with van der Waals surface area (Å²) in [6, 6.07) is 0.00998. The summed E-state index contributed by atoms with van der Waals surface area (Å²) < 4.78 is 0. The zero-order valence-electron chi connectivity index (χ0n) is 12.1. The van der Waals surface area contributed by atoms with Crippen molar-refractivity contribution in [1.82, 2.24) is 15.5 Å². The Morgan fingerprint density at radius 1 is 1.10 bits per heavy atom. The minimum atomic E-state index is -0.358. The molecule has 20 heavy (non-hydrogen) atoms. The van der Waals surface area contributed by atoms with Crippen molar-refractivity contribution >= 4 is 11.9 Å². The summed E-state index contributed by atoms with van der Waals surface area (Å²) in [7, 11) is 0. The molecule has 4 N–H and O–H groups in total. The van der Waals surface area contributed by atoms with Gasteiger partial charge in [0, 0.05) is 18.6 Å². The highest BCUT2D eigenvalue weighted by atomic mass is 16.2. The van der Waals surface area contributed by atoms with Crippen LogP contribution in [0.3, 0.4) is 0 Å². The molecule has 1 aliphatic heterocycles. The number of urea groups is 1. The molecule has 6 nitrogen and oxygen atoms in total. The zero-order valence-corrected chi connectivity index (χ0v) is 12.1. The smallest absolute Gasteiger partial charge is 0.321 e. The predicted molar refractivity (Wildman–Crippen MR) is 77.2 cm³/mol. The molecule has 3 amide bonds. The largest absolute Gasteiger partial charge is 0.335 e. The fraction of sp³-hybridized carbons (Fsp3) is 0.857. The molecule has 2 aliphatic rings. The van der Waals surface area contributed by atoms with Crippen LogP contribution in [0.1, 0.15) is 44.9 Å². The predicted octanol–water partition coefficient (Wildman–Crippen LogP) is 0.568. The van der Waals surface area contributed by atoms with Gasteiger partial charge in [0.15, 0.2) is 0 Å². The number of likely N-dealkylation sites (tertiary alicyclic amines) is 1. The van der Waals surface area contributed by atoms with Crippen LogP contribution >= 0.6 is 0 Å². The van der Waals surface area contributed by atoms with Gasteiger partial charge >= 0.3 is 6.03 Å². The number of carbonyl (C=O) groups excluding carboxylic acids is 2. The number of hydrogen-bond acceptors (Lipinski definition) is 4. The van der Waals surface area contributed by atoms with Gasteiger partial charge in [0.05, 0.1) is 6.54 Å². The number of imide groups is 1. The number of amides is 3. The summed E-state index contributed by atoms with van der Waals surface area (Å²) in [5.74, 6) is -0.243. The normalized spacial score (nSPS) is 25.1. The molecule has 6 heteroatoms. The third-order valence-electron chi connectivity index (χ3n) is 4.10. The molecule has 0 bridgehead atoms. The zero-order chi connectivity index (χ0) is 14.4. The molecule has 1 atom stereocenters. The van der Waals surface area contributed by atoms with Crippen LogP contribution in [-0.2, 0) is 4.79 Å². The quantitative estimate of drug-likeness (QED) is 0.706. The lowest BCUT2D eigenvalue weighted by Gasteiger charge is -2.30. The van der Waals surface area contributed by atoms with Gasteiger partial charge in [-0.3, -0.25) is 15.0 Å². The summed E-state index contributed by atoms with van der Waals surface area (Å²) in [6.07, 6.45) is 7.62. The van der Waals surface area contributed by atoms with Crippen LogP contribution in [0.25, 0.3) is 0 Å². The monoisotopic (exact) mass is 282 g/mol. The lowest BCUT2D eigenvalue weighted by atomic mass is 9.96. The Morgan fingerprint density at radius 2 is 1.85 bits per heavy atom. The first-order valence-electron chi connectivity index (χ1n) is 7.72. The maximum Gasteiger partial charge on any atom is 0.321 e. The van der Waals surface area contributed by atoms with Gasteiger partial charge < -0.3 is 11.1 Å². The van der Waals surface area contributed by atoms with E-state index in [4.69, 9.17) is 5.73 Å². The van der Waals surface area contributed by atoms with E-state index in [1.54, 1.807) is 0 Å². The van der Waals surface area contributed by atoms with Crippen molar-refractivity contribution in [3.63, 3.8) is 0 Å². The summed E-state index contributed by atoms with van der Waals surface area (Å²) in [6.45, 7) is 1.87. The highest BCUT2D eigenvalue weighted by molar-refractivity contribution is 5.95. The average molecular weight is 282 g/mol. The Kier molecular flexibility index (Phi) is 5.79. The van der Waals surface area contributed by atoms with Crippen molar-refractivity contribution in [3.8, 4) is 0 Å². The first-order valence-corrected chi connectivity index (χ1v) is 7.72. The molecule has 0 radical (unpaired) electrons. The Bertz CT molecular complexity index is 342. The maximum atomic E-state index is 11.8. The number of nitrogens with two attached hydrogens (primary N) is 1. The molecule has 114 valence electrons. The molecule has 0 aromatic carbocycles. The fourth-order valence-electron chi connectivity index (χ4n) is 3.07. The van der Waals surface area contributed by atoms with Crippen molar-refractivity contribution in [2.75, 3.05) is 19.6 Å². The van der Waals surface area contributed by atoms with Crippen LogP contribution in [-0.4, -0.2) is 48.6 Å². The summed E-state index contributed by atoms with van der Waals surface area (Å²) in [5.41, 5.74) is 5.87. The topological polar surface area (TPSA) is 87.5 Å². The highest BCUT2D eigenvalue weighted by Crippen LogP contribution is 2.17. The average Bonchev–Trinajstić information content (AvgIpc) is 2.39. The Labute approximate surface area is 120 Å². The van der Waals surface area contributed by atoms with Gasteiger partial charge in [-0.2, -0.15) is 0 Å². The molecule has 2 fully saturated rings. The molecule has 0 aromatic rings. The van der Waals surface area contributed by atoms with E-state index in [0.29, 0.717) is 0 Å². The molecule has 1 saturated carbocycles. The van der Waals surface area contributed by atoms with E-state index >= 15 is 0 Å². The fourth-order valence-corrected chi connectivity index (χ4v) is 3.07. The van der Waals surface area contributed by atoms with Gasteiger partial charge in [0.2, 0.25) is 5.91 Å². The number of rotatable bonds is 3. The van der Waals surface area contributed by atoms with Crippen molar-refractivity contribution in [3.05, 3.63) is 0 Å². The van der Waals surface area contributed by atoms with Gasteiger partial charge in [-0.15, -0.1) is 0 Å². The van der Waals surface area contributed by atoms with E-state index in [-0.39, 0.29) is 30.6 Å². The molecule has 1 aliphatic carbocycles. The van der Waals surface area contributed by atoms with Crippen molar-refractivity contribution < 1.29 is 9.59 Å². The second-order valence-corrected chi connectivity index (χ2v) is 5.99. The van der Waals surface area contributed by atoms with Crippen molar-refractivity contribution in [2.45, 2.75) is 57.0 Å². The highest BCUT2D eigenvalue weighted by Gasteiger charge is 2.21. The van der Waals surface area contributed by atoms with Gasteiger partial charge in [-0.05, 0) is 32.2 Å². The lowest BCUT2D eigenvalue weighted by molar-refractivity contribution is -0.121. The standard InChI is InChI=1S/C14H26N4O2/c15-11-5-4-8-18(9-11)10-13(19)17-14(20)16-12-6-2-1-3-7-12/h11-12H,1-10,15H2,(H2,16,17,19,20). The number of piperidine rings is 1.